The van der Waals surface area contributed by atoms with Gasteiger partial charge in [0.1, 0.15) is 5.82 Å². The lowest BCUT2D eigenvalue weighted by Crippen LogP contribution is -2.32. The second-order valence-electron chi connectivity index (χ2n) is 8.35. The molecule has 1 fully saturated rings. The summed E-state index contributed by atoms with van der Waals surface area (Å²) in [6, 6.07) is 14.4. The van der Waals surface area contributed by atoms with Crippen LogP contribution in [0.2, 0.25) is 0 Å². The van der Waals surface area contributed by atoms with Crippen molar-refractivity contribution in [3.05, 3.63) is 83.4 Å². The summed E-state index contributed by atoms with van der Waals surface area (Å²) < 4.78 is 47.4. The maximum Gasteiger partial charge on any atom is 0.254 e. The molecule has 9 heteroatoms. The molecule has 0 N–H and O–H groups in total. The Morgan fingerprint density at radius 1 is 1.18 bits per heavy atom. The average molecular weight is 486 g/mol. The number of carbonyl (C=O) groups is 1. The molecule has 3 aromatic rings. The fraction of sp³-hybridized carbons (Fsp3) is 0.360. The number of hydrogen-bond donors (Lipinski definition) is 0. The van der Waals surface area contributed by atoms with Crippen molar-refractivity contribution in [1.29, 1.82) is 0 Å². The predicted molar refractivity (Wildman–Crippen MR) is 125 cm³/mol. The van der Waals surface area contributed by atoms with Crippen LogP contribution in [0.25, 0.3) is 0 Å². The van der Waals surface area contributed by atoms with Crippen LogP contribution in [-0.4, -0.2) is 48.0 Å². The Labute approximate surface area is 199 Å². The number of benzene rings is 2. The van der Waals surface area contributed by atoms with E-state index < -0.39 is 15.7 Å². The molecule has 2 aromatic carbocycles. The van der Waals surface area contributed by atoms with Crippen LogP contribution in [0.1, 0.15) is 41.4 Å². The van der Waals surface area contributed by atoms with Crippen LogP contribution in [0.15, 0.2) is 66.0 Å². The Balaban J connectivity index is 1.64. The number of halogens is 1. The standard InChI is InChI=1S/C25H28FN3O4S/c1-2-28(24(30)20-10-12-21(26)13-11-20)16-22-15-27-25(29(22)17-23-9-6-14-33-23)34(31,32)18-19-7-4-3-5-8-19/h3-5,7-8,10-13,15,23H,2,6,9,14,16-18H2,1H3/t23-/m0/s1. The van der Waals surface area contributed by atoms with Gasteiger partial charge in [-0.05, 0) is 49.6 Å². The van der Waals surface area contributed by atoms with E-state index in [-0.39, 0.29) is 29.5 Å². The lowest BCUT2D eigenvalue weighted by atomic mass is 10.2. The van der Waals surface area contributed by atoms with Crippen LogP contribution in [0.3, 0.4) is 0 Å². The van der Waals surface area contributed by atoms with Crippen molar-refractivity contribution in [3.8, 4) is 0 Å². The average Bonchev–Trinajstić information content (AvgIpc) is 3.49. The largest absolute Gasteiger partial charge is 0.376 e. The van der Waals surface area contributed by atoms with Gasteiger partial charge in [-0.15, -0.1) is 0 Å². The smallest absolute Gasteiger partial charge is 0.254 e. The van der Waals surface area contributed by atoms with Crippen molar-refractivity contribution in [3.63, 3.8) is 0 Å². The number of amides is 1. The van der Waals surface area contributed by atoms with E-state index in [0.717, 1.165) is 12.8 Å². The number of hydrogen-bond acceptors (Lipinski definition) is 5. The van der Waals surface area contributed by atoms with Crippen LogP contribution in [0.4, 0.5) is 4.39 Å². The zero-order valence-electron chi connectivity index (χ0n) is 19.1. The minimum Gasteiger partial charge on any atom is -0.376 e. The third-order valence-electron chi connectivity index (χ3n) is 5.90. The van der Waals surface area contributed by atoms with Crippen LogP contribution >= 0.6 is 0 Å². The molecule has 180 valence electrons. The first-order valence-corrected chi connectivity index (χ1v) is 13.0. The molecule has 1 aliphatic rings. The van der Waals surface area contributed by atoms with Crippen molar-refractivity contribution in [1.82, 2.24) is 14.5 Å². The summed E-state index contributed by atoms with van der Waals surface area (Å²) in [5, 5.41) is -0.0212. The molecular weight excluding hydrogens is 457 g/mol. The number of imidazole rings is 1. The summed E-state index contributed by atoms with van der Waals surface area (Å²) in [6.07, 6.45) is 3.17. The Kier molecular flexibility index (Phi) is 7.43. The maximum atomic E-state index is 13.3. The second kappa shape index (κ2) is 10.5. The quantitative estimate of drug-likeness (QED) is 0.460. The van der Waals surface area contributed by atoms with Crippen molar-refractivity contribution >= 4 is 15.7 Å². The number of aromatic nitrogens is 2. The Hall–Kier alpha value is -3.04. The van der Waals surface area contributed by atoms with Crippen LogP contribution in [0.5, 0.6) is 0 Å². The van der Waals surface area contributed by atoms with Gasteiger partial charge in [0.2, 0.25) is 15.0 Å². The topological polar surface area (TPSA) is 81.5 Å². The van der Waals surface area contributed by atoms with E-state index in [1.54, 1.807) is 33.7 Å². The lowest BCUT2D eigenvalue weighted by Gasteiger charge is -2.23. The van der Waals surface area contributed by atoms with Crippen molar-refractivity contribution in [2.24, 2.45) is 0 Å². The van der Waals surface area contributed by atoms with Gasteiger partial charge in [0.15, 0.2) is 0 Å². The third kappa shape index (κ3) is 5.53. The van der Waals surface area contributed by atoms with E-state index >= 15 is 0 Å². The van der Waals surface area contributed by atoms with E-state index in [0.29, 0.717) is 36.5 Å². The highest BCUT2D eigenvalue weighted by Crippen LogP contribution is 2.23. The first-order valence-electron chi connectivity index (χ1n) is 11.3. The van der Waals surface area contributed by atoms with Gasteiger partial charge in [-0.2, -0.15) is 0 Å². The van der Waals surface area contributed by atoms with Gasteiger partial charge < -0.3 is 14.2 Å². The van der Waals surface area contributed by atoms with Crippen molar-refractivity contribution in [2.75, 3.05) is 13.2 Å². The number of ether oxygens (including phenoxy) is 1. The van der Waals surface area contributed by atoms with E-state index in [9.17, 15) is 17.6 Å². The van der Waals surface area contributed by atoms with Crippen molar-refractivity contribution < 1.29 is 22.3 Å². The van der Waals surface area contributed by atoms with Crippen LogP contribution in [-0.2, 0) is 33.4 Å². The first-order chi connectivity index (χ1) is 16.4. The molecule has 0 aliphatic carbocycles. The molecule has 0 bridgehead atoms. The minimum absolute atomic E-state index is 0.0212. The predicted octanol–water partition coefficient (Wildman–Crippen LogP) is 3.84. The highest BCUT2D eigenvalue weighted by molar-refractivity contribution is 7.90. The van der Waals surface area contributed by atoms with E-state index in [4.69, 9.17) is 4.74 Å². The minimum atomic E-state index is -3.73. The molecular formula is C25H28FN3O4S. The first kappa shape index (κ1) is 24.1. The monoisotopic (exact) mass is 485 g/mol. The van der Waals surface area contributed by atoms with Gasteiger partial charge in [-0.3, -0.25) is 4.79 Å². The van der Waals surface area contributed by atoms with Gasteiger partial charge in [0, 0.05) is 18.7 Å². The summed E-state index contributed by atoms with van der Waals surface area (Å²) >= 11 is 0. The molecule has 2 heterocycles. The zero-order valence-corrected chi connectivity index (χ0v) is 19.9. The van der Waals surface area contributed by atoms with Crippen LogP contribution < -0.4 is 0 Å². The summed E-state index contributed by atoms with van der Waals surface area (Å²) in [5.41, 5.74) is 1.65. The molecule has 0 saturated carbocycles. The summed E-state index contributed by atoms with van der Waals surface area (Å²) in [6.45, 7) is 3.40. The van der Waals surface area contributed by atoms with E-state index in [2.05, 4.69) is 4.98 Å². The Morgan fingerprint density at radius 2 is 1.91 bits per heavy atom. The summed E-state index contributed by atoms with van der Waals surface area (Å²) in [4.78, 5) is 18.9. The zero-order chi connectivity index (χ0) is 24.1. The van der Waals surface area contributed by atoms with Crippen molar-refractivity contribution in [2.45, 2.75) is 49.9 Å². The highest BCUT2D eigenvalue weighted by atomic mass is 32.2. The van der Waals surface area contributed by atoms with Gasteiger partial charge in [0.05, 0.1) is 36.8 Å². The molecule has 0 spiro atoms. The molecule has 4 rings (SSSR count). The fourth-order valence-electron chi connectivity index (χ4n) is 4.11. The number of nitrogens with zero attached hydrogens (tertiary/aromatic N) is 3. The molecule has 0 radical (unpaired) electrons. The normalized spacial score (nSPS) is 16.0. The summed E-state index contributed by atoms with van der Waals surface area (Å²) in [7, 11) is -3.73. The fourth-order valence-corrected chi connectivity index (χ4v) is 5.61. The van der Waals surface area contributed by atoms with Gasteiger partial charge in [-0.1, -0.05) is 30.3 Å². The number of carbonyl (C=O) groups excluding carboxylic acids is 1. The molecule has 1 amide bonds. The Morgan fingerprint density at radius 3 is 2.56 bits per heavy atom. The highest BCUT2D eigenvalue weighted by Gasteiger charge is 2.28. The molecule has 1 atom stereocenters. The molecule has 0 unspecified atom stereocenters. The maximum absolute atomic E-state index is 13.3. The lowest BCUT2D eigenvalue weighted by molar-refractivity contribution is 0.0741. The van der Waals surface area contributed by atoms with E-state index in [1.807, 2.05) is 13.0 Å². The molecule has 1 aliphatic heterocycles. The molecule has 34 heavy (non-hydrogen) atoms. The number of rotatable bonds is 9. The van der Waals surface area contributed by atoms with Gasteiger partial charge in [-0.25, -0.2) is 17.8 Å². The molecule has 1 saturated heterocycles. The van der Waals surface area contributed by atoms with Gasteiger partial charge >= 0.3 is 0 Å². The summed E-state index contributed by atoms with van der Waals surface area (Å²) in [5.74, 6) is -0.842. The van der Waals surface area contributed by atoms with Gasteiger partial charge in [0.25, 0.3) is 5.91 Å². The molecule has 1 aromatic heterocycles. The second-order valence-corrected chi connectivity index (χ2v) is 10.2. The SMILES string of the molecule is CCN(Cc1cnc(S(=O)(=O)Cc2ccccc2)n1C[C@@H]1CCCO1)C(=O)c1ccc(F)cc1. The van der Waals surface area contributed by atoms with Crippen LogP contribution in [0, 0.1) is 5.82 Å². The Bertz CT molecular complexity index is 1220. The number of sulfone groups is 1. The third-order valence-corrected chi connectivity index (χ3v) is 7.50. The molecule has 7 nitrogen and oxygen atoms in total. The van der Waals surface area contributed by atoms with E-state index in [1.165, 1.54) is 30.5 Å².